The van der Waals surface area contributed by atoms with Crippen LogP contribution in [0.1, 0.15) is 303 Å². The number of ether oxygens (including phenoxy) is 3. The maximum absolute atomic E-state index is 12.9. The Labute approximate surface area is 452 Å². The highest BCUT2D eigenvalue weighted by Crippen LogP contribution is 2.17. The van der Waals surface area contributed by atoms with Crippen LogP contribution in [0.2, 0.25) is 0 Å². The molecular weight excluding hydrogens is 901 g/mol. The molecule has 0 radical (unpaired) electrons. The van der Waals surface area contributed by atoms with E-state index in [-0.39, 0.29) is 37.5 Å². The molecule has 0 saturated heterocycles. The summed E-state index contributed by atoms with van der Waals surface area (Å²) in [5.41, 5.74) is 0. The predicted octanol–water partition coefficient (Wildman–Crippen LogP) is 21.1. The van der Waals surface area contributed by atoms with Gasteiger partial charge in [-0.1, -0.05) is 279 Å². The fourth-order valence-electron chi connectivity index (χ4n) is 8.75. The van der Waals surface area contributed by atoms with Crippen LogP contribution in [0, 0.1) is 0 Å². The van der Waals surface area contributed by atoms with Gasteiger partial charge in [0.2, 0.25) is 0 Å². The summed E-state index contributed by atoms with van der Waals surface area (Å²) in [6.07, 6.45) is 80.2. The van der Waals surface area contributed by atoms with Crippen molar-refractivity contribution in [3.8, 4) is 0 Å². The van der Waals surface area contributed by atoms with Crippen molar-refractivity contribution in [1.82, 2.24) is 0 Å². The lowest BCUT2D eigenvalue weighted by atomic mass is 10.0. The number of allylic oxidation sites excluding steroid dienone is 14. The molecule has 0 fully saturated rings. The van der Waals surface area contributed by atoms with Crippen LogP contribution in [0.3, 0.4) is 0 Å². The first kappa shape index (κ1) is 69.6. The van der Waals surface area contributed by atoms with Crippen LogP contribution in [-0.4, -0.2) is 37.2 Å². The molecule has 1 atom stereocenters. The van der Waals surface area contributed by atoms with Gasteiger partial charge >= 0.3 is 17.9 Å². The van der Waals surface area contributed by atoms with Gasteiger partial charge in [0, 0.05) is 19.3 Å². The van der Waals surface area contributed by atoms with E-state index in [0.29, 0.717) is 19.3 Å². The van der Waals surface area contributed by atoms with E-state index in [9.17, 15) is 14.4 Å². The molecule has 0 aliphatic rings. The average Bonchev–Trinajstić information content (AvgIpc) is 3.39. The van der Waals surface area contributed by atoms with Gasteiger partial charge in [0.15, 0.2) is 6.10 Å². The molecule has 0 aromatic carbocycles. The summed E-state index contributed by atoms with van der Waals surface area (Å²) in [7, 11) is 0. The number of esters is 3. The Balaban J connectivity index is 4.39. The molecule has 0 aromatic rings. The number of carbonyl (C=O) groups is 3. The molecule has 0 N–H and O–H groups in total. The monoisotopic (exact) mass is 1020 g/mol. The van der Waals surface area contributed by atoms with Crippen molar-refractivity contribution in [2.45, 2.75) is 309 Å². The van der Waals surface area contributed by atoms with Gasteiger partial charge in [0.25, 0.3) is 0 Å². The molecule has 0 saturated carbocycles. The van der Waals surface area contributed by atoms with Gasteiger partial charge in [0.05, 0.1) is 0 Å². The second kappa shape index (κ2) is 61.1. The van der Waals surface area contributed by atoms with E-state index in [1.165, 1.54) is 154 Å². The molecular formula is C67H116O6. The van der Waals surface area contributed by atoms with Gasteiger partial charge in [0.1, 0.15) is 13.2 Å². The second-order valence-electron chi connectivity index (χ2n) is 20.6. The van der Waals surface area contributed by atoms with E-state index < -0.39 is 6.10 Å². The highest BCUT2D eigenvalue weighted by atomic mass is 16.6. The number of hydrogen-bond acceptors (Lipinski definition) is 6. The van der Waals surface area contributed by atoms with Crippen molar-refractivity contribution >= 4 is 17.9 Å². The van der Waals surface area contributed by atoms with Crippen LogP contribution in [-0.2, 0) is 28.6 Å². The van der Waals surface area contributed by atoms with Gasteiger partial charge in [-0.2, -0.15) is 0 Å². The summed E-state index contributed by atoms with van der Waals surface area (Å²) >= 11 is 0. The van der Waals surface area contributed by atoms with Crippen LogP contribution in [0.15, 0.2) is 85.1 Å². The molecule has 6 heteroatoms. The summed E-state index contributed by atoms with van der Waals surface area (Å²) in [5.74, 6) is -0.964. The Bertz CT molecular complexity index is 1400. The fourth-order valence-corrected chi connectivity index (χ4v) is 8.75. The minimum atomic E-state index is -0.812. The highest BCUT2D eigenvalue weighted by molar-refractivity contribution is 5.71. The summed E-state index contributed by atoms with van der Waals surface area (Å²) < 4.78 is 16.8. The van der Waals surface area contributed by atoms with Crippen molar-refractivity contribution in [3.05, 3.63) is 85.1 Å². The maximum atomic E-state index is 12.9. The molecule has 0 aromatic heterocycles. The molecule has 1 unspecified atom stereocenters. The van der Waals surface area contributed by atoms with Crippen LogP contribution in [0.4, 0.5) is 0 Å². The summed E-state index contributed by atoms with van der Waals surface area (Å²) in [6.45, 7) is 6.47. The Hall–Kier alpha value is -3.41. The van der Waals surface area contributed by atoms with E-state index in [2.05, 4.69) is 106 Å². The van der Waals surface area contributed by atoms with Gasteiger partial charge in [-0.3, -0.25) is 14.4 Å². The molecule has 0 aliphatic carbocycles. The molecule has 0 amide bonds. The summed E-state index contributed by atoms with van der Waals surface area (Å²) in [5, 5.41) is 0. The zero-order chi connectivity index (χ0) is 52.9. The SMILES string of the molecule is CC/C=C\C/C=C\C/C=C\C/C=C\C/C=C\CCCC(=O)OC(COC(=O)CCCCCCC/C=C\C/C=C\CCCCC)COC(=O)CCCCCCCCCCCCCCCCCCCCCCCCC. The third-order valence-corrected chi connectivity index (χ3v) is 13.4. The van der Waals surface area contributed by atoms with E-state index in [1.54, 1.807) is 0 Å². The first-order valence-corrected chi connectivity index (χ1v) is 31.1. The number of hydrogen-bond donors (Lipinski definition) is 0. The molecule has 0 spiro atoms. The molecule has 6 nitrogen and oxygen atoms in total. The lowest BCUT2D eigenvalue weighted by molar-refractivity contribution is -0.167. The smallest absolute Gasteiger partial charge is 0.306 e. The molecule has 420 valence electrons. The van der Waals surface area contributed by atoms with Gasteiger partial charge in [-0.15, -0.1) is 0 Å². The quantitative estimate of drug-likeness (QED) is 0.0261. The summed E-state index contributed by atoms with van der Waals surface area (Å²) in [6, 6.07) is 0. The van der Waals surface area contributed by atoms with Crippen LogP contribution in [0.5, 0.6) is 0 Å². The third kappa shape index (κ3) is 59.3. The standard InChI is InChI=1S/C67H116O6/c1-4-7-10-13-16-19-22-25-28-30-31-32-33-34-35-37-39-42-45-48-51-54-57-60-66(69)72-63-64(62-71-65(68)59-56-53-50-47-44-41-38-27-24-21-18-15-12-9-6-3)73-67(70)61-58-55-52-49-46-43-40-36-29-26-23-20-17-14-11-8-5-2/h8,11,17-18,20-21,26-27,29,38,40,43,49,52,64H,4-7,9-10,12-16,19,22-25,28,30-37,39,41-42,44-48,50-51,53-63H2,1-3H3/b11-8-,20-17-,21-18-,29-26-,38-27-,43-40-,52-49-. The largest absolute Gasteiger partial charge is 0.462 e. The van der Waals surface area contributed by atoms with E-state index in [1.807, 2.05) is 0 Å². The van der Waals surface area contributed by atoms with Crippen molar-refractivity contribution < 1.29 is 28.6 Å². The van der Waals surface area contributed by atoms with Gasteiger partial charge in [-0.05, 0) is 89.9 Å². The molecule has 0 rings (SSSR count). The molecule has 0 bridgehead atoms. The van der Waals surface area contributed by atoms with Crippen molar-refractivity contribution in [3.63, 3.8) is 0 Å². The minimum absolute atomic E-state index is 0.102. The van der Waals surface area contributed by atoms with Crippen LogP contribution < -0.4 is 0 Å². The van der Waals surface area contributed by atoms with Gasteiger partial charge in [-0.25, -0.2) is 0 Å². The first-order chi connectivity index (χ1) is 36.0. The topological polar surface area (TPSA) is 78.9 Å². The average molecular weight is 1020 g/mol. The lowest BCUT2D eigenvalue weighted by Gasteiger charge is -2.18. The number of carbonyl (C=O) groups excluding carboxylic acids is 3. The normalized spacial score (nSPS) is 12.6. The van der Waals surface area contributed by atoms with Crippen LogP contribution >= 0.6 is 0 Å². The maximum Gasteiger partial charge on any atom is 0.306 e. The first-order valence-electron chi connectivity index (χ1n) is 31.1. The van der Waals surface area contributed by atoms with Crippen molar-refractivity contribution in [1.29, 1.82) is 0 Å². The fraction of sp³-hybridized carbons (Fsp3) is 0.746. The second-order valence-corrected chi connectivity index (χ2v) is 20.6. The zero-order valence-electron chi connectivity index (χ0n) is 48.1. The van der Waals surface area contributed by atoms with Gasteiger partial charge < -0.3 is 14.2 Å². The Morgan fingerprint density at radius 3 is 0.904 bits per heavy atom. The highest BCUT2D eigenvalue weighted by Gasteiger charge is 2.19. The number of rotatable bonds is 56. The lowest BCUT2D eigenvalue weighted by Crippen LogP contribution is -2.30. The zero-order valence-corrected chi connectivity index (χ0v) is 48.1. The van der Waals surface area contributed by atoms with E-state index in [0.717, 1.165) is 103 Å². The molecule has 73 heavy (non-hydrogen) atoms. The minimum Gasteiger partial charge on any atom is -0.462 e. The Morgan fingerprint density at radius 2 is 0.548 bits per heavy atom. The van der Waals surface area contributed by atoms with E-state index >= 15 is 0 Å². The Kier molecular flexibility index (Phi) is 58.3. The van der Waals surface area contributed by atoms with Crippen molar-refractivity contribution in [2.24, 2.45) is 0 Å². The number of unbranched alkanes of at least 4 members (excludes halogenated alkanes) is 31. The van der Waals surface area contributed by atoms with E-state index in [4.69, 9.17) is 14.2 Å². The third-order valence-electron chi connectivity index (χ3n) is 13.4. The Morgan fingerprint density at radius 1 is 0.288 bits per heavy atom. The van der Waals surface area contributed by atoms with Crippen molar-refractivity contribution in [2.75, 3.05) is 13.2 Å². The predicted molar refractivity (Wildman–Crippen MR) is 316 cm³/mol. The molecule has 0 aliphatic heterocycles. The van der Waals surface area contributed by atoms with Crippen LogP contribution in [0.25, 0.3) is 0 Å². The summed E-state index contributed by atoms with van der Waals surface area (Å²) in [4.78, 5) is 38.2. The molecule has 0 heterocycles.